The first kappa shape index (κ1) is 19.7. The van der Waals surface area contributed by atoms with E-state index in [4.69, 9.17) is 9.47 Å². The lowest BCUT2D eigenvalue weighted by molar-refractivity contribution is -0.121. The van der Waals surface area contributed by atoms with E-state index in [2.05, 4.69) is 12.2 Å². The molecule has 6 heteroatoms. The summed E-state index contributed by atoms with van der Waals surface area (Å²) in [5, 5.41) is 2.91. The Bertz CT molecular complexity index is 833. The lowest BCUT2D eigenvalue weighted by atomic mass is 10.1. The van der Waals surface area contributed by atoms with Gasteiger partial charge in [-0.2, -0.15) is 0 Å². The normalized spacial score (nSPS) is 12.9. The maximum Gasteiger partial charge on any atom is 0.265 e. The molecule has 1 aliphatic rings. The van der Waals surface area contributed by atoms with Crippen molar-refractivity contribution < 1.29 is 19.1 Å². The van der Waals surface area contributed by atoms with Crippen molar-refractivity contribution in [3.8, 4) is 11.5 Å². The number of carbonyl (C=O) groups excluding carboxylic acids is 2. The fraction of sp³-hybridized carbons (Fsp3) is 0.364. The second kappa shape index (κ2) is 9.26. The molecule has 2 aromatic carbocycles. The number of amides is 2. The lowest BCUT2D eigenvalue weighted by Gasteiger charge is -2.29. The van der Waals surface area contributed by atoms with Gasteiger partial charge in [0.15, 0.2) is 6.61 Å². The predicted molar refractivity (Wildman–Crippen MR) is 109 cm³/mol. The number of hydrogen-bond acceptors (Lipinski definition) is 4. The number of nitrogens with one attached hydrogen (secondary N) is 1. The predicted octanol–water partition coefficient (Wildman–Crippen LogP) is 3.79. The standard InChI is InChI=1S/C22H26N2O4/c1-3-5-12-24-19-14-17(8-11-20(19)28-15-22(24)26)23-21(25)13-16-6-9-18(10-7-16)27-4-2/h6-11,14H,3-5,12-13,15H2,1-2H3,(H,23,25). The number of rotatable bonds is 8. The summed E-state index contributed by atoms with van der Waals surface area (Å²) in [7, 11) is 0. The fourth-order valence-electron chi connectivity index (χ4n) is 3.10. The smallest absolute Gasteiger partial charge is 0.265 e. The van der Waals surface area contributed by atoms with E-state index in [1.807, 2.05) is 31.2 Å². The SMILES string of the molecule is CCCCN1C(=O)COc2ccc(NC(=O)Cc3ccc(OCC)cc3)cc21. The van der Waals surface area contributed by atoms with Gasteiger partial charge in [0.1, 0.15) is 11.5 Å². The summed E-state index contributed by atoms with van der Waals surface area (Å²) in [6.45, 7) is 5.33. The summed E-state index contributed by atoms with van der Waals surface area (Å²) in [5.74, 6) is 1.28. The molecule has 0 saturated carbocycles. The summed E-state index contributed by atoms with van der Waals surface area (Å²) in [6, 6.07) is 12.9. The zero-order valence-corrected chi connectivity index (χ0v) is 16.4. The molecule has 1 aliphatic heterocycles. The number of fused-ring (bicyclic) bond motifs is 1. The summed E-state index contributed by atoms with van der Waals surface area (Å²) in [5.41, 5.74) is 2.26. The summed E-state index contributed by atoms with van der Waals surface area (Å²) >= 11 is 0. The van der Waals surface area contributed by atoms with Gasteiger partial charge in [-0.1, -0.05) is 25.5 Å². The first-order valence-electron chi connectivity index (χ1n) is 9.69. The highest BCUT2D eigenvalue weighted by Crippen LogP contribution is 2.34. The molecule has 0 fully saturated rings. The van der Waals surface area contributed by atoms with Crippen molar-refractivity contribution in [2.75, 3.05) is 30.0 Å². The minimum Gasteiger partial charge on any atom is -0.494 e. The second-order valence-corrected chi connectivity index (χ2v) is 6.67. The Hall–Kier alpha value is -3.02. The number of nitrogens with zero attached hydrogens (tertiary/aromatic N) is 1. The van der Waals surface area contributed by atoms with Crippen LogP contribution in [-0.2, 0) is 16.0 Å². The van der Waals surface area contributed by atoms with Crippen LogP contribution in [0.3, 0.4) is 0 Å². The van der Waals surface area contributed by atoms with Crippen molar-refractivity contribution >= 4 is 23.2 Å². The minimum absolute atomic E-state index is 0.0557. The van der Waals surface area contributed by atoms with Crippen molar-refractivity contribution in [3.05, 3.63) is 48.0 Å². The van der Waals surface area contributed by atoms with Crippen molar-refractivity contribution in [2.24, 2.45) is 0 Å². The average Bonchev–Trinajstić information content (AvgIpc) is 2.69. The highest BCUT2D eigenvalue weighted by atomic mass is 16.5. The molecule has 1 N–H and O–H groups in total. The Morgan fingerprint density at radius 1 is 1.18 bits per heavy atom. The Morgan fingerprint density at radius 2 is 1.96 bits per heavy atom. The Morgan fingerprint density at radius 3 is 2.68 bits per heavy atom. The maximum atomic E-state index is 12.4. The molecular formula is C22H26N2O4. The van der Waals surface area contributed by atoms with Gasteiger partial charge in [0.05, 0.1) is 18.7 Å². The molecule has 0 atom stereocenters. The molecule has 28 heavy (non-hydrogen) atoms. The van der Waals surface area contributed by atoms with Gasteiger partial charge in [-0.15, -0.1) is 0 Å². The van der Waals surface area contributed by atoms with Gasteiger partial charge in [0, 0.05) is 12.2 Å². The highest BCUT2D eigenvalue weighted by molar-refractivity contribution is 5.99. The quantitative estimate of drug-likeness (QED) is 0.754. The van der Waals surface area contributed by atoms with E-state index in [-0.39, 0.29) is 24.8 Å². The zero-order chi connectivity index (χ0) is 19.9. The molecule has 0 spiro atoms. The van der Waals surface area contributed by atoms with E-state index in [9.17, 15) is 9.59 Å². The van der Waals surface area contributed by atoms with Gasteiger partial charge in [0.2, 0.25) is 5.91 Å². The second-order valence-electron chi connectivity index (χ2n) is 6.67. The Balaban J connectivity index is 1.68. The number of carbonyl (C=O) groups is 2. The average molecular weight is 382 g/mol. The lowest BCUT2D eigenvalue weighted by Crippen LogP contribution is -2.39. The van der Waals surface area contributed by atoms with Crippen LogP contribution in [0.15, 0.2) is 42.5 Å². The van der Waals surface area contributed by atoms with Crippen LogP contribution in [0.5, 0.6) is 11.5 Å². The number of benzene rings is 2. The Labute approximate surface area is 165 Å². The van der Waals surface area contributed by atoms with E-state index >= 15 is 0 Å². The van der Waals surface area contributed by atoms with E-state index < -0.39 is 0 Å². The number of ether oxygens (including phenoxy) is 2. The summed E-state index contributed by atoms with van der Waals surface area (Å²) in [4.78, 5) is 26.4. The van der Waals surface area contributed by atoms with Crippen LogP contribution in [0.25, 0.3) is 0 Å². The minimum atomic E-state index is -0.118. The first-order valence-corrected chi connectivity index (χ1v) is 9.69. The van der Waals surface area contributed by atoms with Crippen LogP contribution in [0.1, 0.15) is 32.3 Å². The zero-order valence-electron chi connectivity index (χ0n) is 16.4. The van der Waals surface area contributed by atoms with Crippen LogP contribution in [0, 0.1) is 0 Å². The maximum absolute atomic E-state index is 12.4. The van der Waals surface area contributed by atoms with Crippen LogP contribution in [0.4, 0.5) is 11.4 Å². The van der Waals surface area contributed by atoms with Crippen molar-refractivity contribution in [2.45, 2.75) is 33.1 Å². The van der Waals surface area contributed by atoms with Gasteiger partial charge >= 0.3 is 0 Å². The molecule has 0 radical (unpaired) electrons. The molecular weight excluding hydrogens is 356 g/mol. The number of hydrogen-bond donors (Lipinski definition) is 1. The summed E-state index contributed by atoms with van der Waals surface area (Å²) < 4.78 is 10.9. The van der Waals surface area contributed by atoms with Gasteiger partial charge in [-0.25, -0.2) is 0 Å². The fourth-order valence-corrected chi connectivity index (χ4v) is 3.10. The monoisotopic (exact) mass is 382 g/mol. The molecule has 1 heterocycles. The van der Waals surface area contributed by atoms with Gasteiger partial charge in [-0.3, -0.25) is 9.59 Å². The van der Waals surface area contributed by atoms with E-state index in [1.54, 1.807) is 23.1 Å². The third-order valence-corrected chi connectivity index (χ3v) is 4.52. The molecule has 0 aliphatic carbocycles. The third kappa shape index (κ3) is 4.82. The van der Waals surface area contributed by atoms with Crippen LogP contribution < -0.4 is 19.7 Å². The number of anilines is 2. The van der Waals surface area contributed by atoms with Gasteiger partial charge in [0.25, 0.3) is 5.91 Å². The van der Waals surface area contributed by atoms with Crippen LogP contribution >= 0.6 is 0 Å². The van der Waals surface area contributed by atoms with Crippen molar-refractivity contribution in [1.29, 1.82) is 0 Å². The molecule has 0 bridgehead atoms. The van der Waals surface area contributed by atoms with Gasteiger partial charge < -0.3 is 19.7 Å². The van der Waals surface area contributed by atoms with Crippen molar-refractivity contribution in [1.82, 2.24) is 0 Å². The first-order chi connectivity index (χ1) is 13.6. The molecule has 0 aromatic heterocycles. The Kier molecular flexibility index (Phi) is 6.53. The molecule has 2 aromatic rings. The van der Waals surface area contributed by atoms with E-state index in [0.29, 0.717) is 30.3 Å². The third-order valence-electron chi connectivity index (χ3n) is 4.52. The van der Waals surface area contributed by atoms with Crippen LogP contribution in [0.2, 0.25) is 0 Å². The van der Waals surface area contributed by atoms with Crippen molar-refractivity contribution in [3.63, 3.8) is 0 Å². The summed E-state index contributed by atoms with van der Waals surface area (Å²) in [6.07, 6.45) is 2.18. The topological polar surface area (TPSA) is 67.9 Å². The molecule has 0 saturated heterocycles. The molecule has 6 nitrogen and oxygen atoms in total. The van der Waals surface area contributed by atoms with E-state index in [0.717, 1.165) is 24.2 Å². The largest absolute Gasteiger partial charge is 0.494 e. The molecule has 2 amide bonds. The molecule has 148 valence electrons. The van der Waals surface area contributed by atoms with E-state index in [1.165, 1.54) is 0 Å². The van der Waals surface area contributed by atoms with Crippen LogP contribution in [-0.4, -0.2) is 31.6 Å². The molecule has 3 rings (SSSR count). The molecule has 0 unspecified atom stereocenters. The van der Waals surface area contributed by atoms with Gasteiger partial charge in [-0.05, 0) is 49.2 Å². The number of unbranched alkanes of at least 4 members (excludes halogenated alkanes) is 1. The highest BCUT2D eigenvalue weighted by Gasteiger charge is 2.25.